The molecule has 0 radical (unpaired) electrons. The van der Waals surface area contributed by atoms with Gasteiger partial charge in [-0.25, -0.2) is 4.98 Å². The number of hydrogen-bond donors (Lipinski definition) is 0. The van der Waals surface area contributed by atoms with Crippen molar-refractivity contribution in [2.24, 2.45) is 11.8 Å². The van der Waals surface area contributed by atoms with E-state index in [1.807, 2.05) is 0 Å². The van der Waals surface area contributed by atoms with E-state index in [2.05, 4.69) is 4.98 Å². The minimum absolute atomic E-state index is 0.0452. The molecule has 0 spiro atoms. The van der Waals surface area contributed by atoms with E-state index in [-0.39, 0.29) is 48.8 Å². The third kappa shape index (κ3) is 3.39. The summed E-state index contributed by atoms with van der Waals surface area (Å²) in [6.07, 6.45) is 5.02. The van der Waals surface area contributed by atoms with Crippen molar-refractivity contribution in [1.29, 1.82) is 0 Å². The van der Waals surface area contributed by atoms with Crippen LogP contribution in [0.1, 0.15) is 37.8 Å². The fraction of sp³-hybridized carbons (Fsp3) is 0.500. The third-order valence-corrected chi connectivity index (χ3v) is 5.97. The number of fused-ring (bicyclic) bond motifs is 2. The smallest absolute Gasteiger partial charge is 0.307 e. The number of ether oxygens (including phenoxy) is 1. The van der Waals surface area contributed by atoms with Gasteiger partial charge in [0.05, 0.1) is 24.0 Å². The first-order chi connectivity index (χ1) is 13.0. The fourth-order valence-electron chi connectivity index (χ4n) is 3.84. The van der Waals surface area contributed by atoms with Crippen LogP contribution in [0.2, 0.25) is 0 Å². The molecule has 2 aliphatic rings. The third-order valence-electron chi connectivity index (χ3n) is 5.21. The summed E-state index contributed by atoms with van der Waals surface area (Å²) in [5, 5.41) is 1.75. The van der Waals surface area contributed by atoms with Crippen LogP contribution in [0.25, 0.3) is 4.96 Å². The summed E-state index contributed by atoms with van der Waals surface area (Å²) >= 11 is 1.32. The van der Waals surface area contributed by atoms with Crippen LogP contribution in [0.15, 0.2) is 22.4 Å². The van der Waals surface area contributed by atoms with Crippen molar-refractivity contribution < 1.29 is 19.1 Å². The number of rotatable bonds is 5. The van der Waals surface area contributed by atoms with Crippen LogP contribution >= 0.6 is 11.3 Å². The van der Waals surface area contributed by atoms with E-state index in [0.29, 0.717) is 10.7 Å². The Hall–Kier alpha value is -2.55. The molecule has 1 aliphatic carbocycles. The topological polar surface area (TPSA) is 98.0 Å². The summed E-state index contributed by atoms with van der Waals surface area (Å²) < 4.78 is 6.58. The molecule has 1 saturated heterocycles. The van der Waals surface area contributed by atoms with Gasteiger partial charge in [-0.05, 0) is 12.8 Å². The summed E-state index contributed by atoms with van der Waals surface area (Å²) in [6, 6.07) is 1.32. The monoisotopic (exact) mass is 389 g/mol. The maximum Gasteiger partial charge on any atom is 0.307 e. The number of likely N-dealkylation sites (tertiary alicyclic amines) is 1. The normalized spacial score (nSPS) is 22.3. The Labute approximate surface area is 158 Å². The largest absolute Gasteiger partial charge is 0.459 e. The van der Waals surface area contributed by atoms with Gasteiger partial charge in [-0.15, -0.1) is 11.3 Å². The van der Waals surface area contributed by atoms with Gasteiger partial charge in [-0.2, -0.15) is 0 Å². The number of thiazole rings is 1. The Morgan fingerprint density at radius 2 is 1.89 bits per heavy atom. The highest BCUT2D eigenvalue weighted by atomic mass is 32.1. The molecular formula is C18H19N3O5S. The summed E-state index contributed by atoms with van der Waals surface area (Å²) in [5.41, 5.74) is 0.137. The molecule has 0 unspecified atom stereocenters. The second kappa shape index (κ2) is 7.22. The average Bonchev–Trinajstić information content (AvgIpc) is 3.23. The number of hydrogen-bond acceptors (Lipinski definition) is 7. The zero-order chi connectivity index (χ0) is 19.0. The minimum atomic E-state index is -0.529. The highest BCUT2D eigenvalue weighted by Gasteiger charge is 2.47. The van der Waals surface area contributed by atoms with Crippen LogP contribution in [0.3, 0.4) is 0 Å². The highest BCUT2D eigenvalue weighted by molar-refractivity contribution is 7.15. The van der Waals surface area contributed by atoms with Crippen molar-refractivity contribution in [2.75, 3.05) is 6.54 Å². The Morgan fingerprint density at radius 3 is 2.59 bits per heavy atom. The quantitative estimate of drug-likeness (QED) is 0.566. The zero-order valence-electron chi connectivity index (χ0n) is 14.6. The molecule has 0 bridgehead atoms. The SMILES string of the molecule is O=C(CCN1C(=O)[C@H]2CCCC[C@@H]2C1=O)OCc1cc(=O)n2ccsc2n1. The molecule has 2 fully saturated rings. The minimum Gasteiger partial charge on any atom is -0.459 e. The van der Waals surface area contributed by atoms with Gasteiger partial charge in [-0.3, -0.25) is 28.5 Å². The standard InChI is InChI=1S/C18H19N3O5S/c22-14-9-11(19-18-20(14)7-8-27-18)10-26-15(23)5-6-21-16(24)12-3-1-2-4-13(12)17(21)25/h7-9,12-13H,1-6,10H2/t12-,13-/m0/s1. The van der Waals surface area contributed by atoms with E-state index < -0.39 is 5.97 Å². The molecular weight excluding hydrogens is 370 g/mol. The molecule has 1 saturated carbocycles. The molecule has 142 valence electrons. The van der Waals surface area contributed by atoms with Gasteiger partial charge >= 0.3 is 5.97 Å². The molecule has 3 heterocycles. The van der Waals surface area contributed by atoms with Gasteiger partial charge in [0.25, 0.3) is 5.56 Å². The van der Waals surface area contributed by atoms with Crippen molar-refractivity contribution in [1.82, 2.24) is 14.3 Å². The lowest BCUT2D eigenvalue weighted by molar-refractivity contribution is -0.146. The zero-order valence-corrected chi connectivity index (χ0v) is 15.4. The predicted molar refractivity (Wildman–Crippen MR) is 95.9 cm³/mol. The second-order valence-corrected chi connectivity index (χ2v) is 7.75. The summed E-state index contributed by atoms with van der Waals surface area (Å²) in [7, 11) is 0. The average molecular weight is 389 g/mol. The van der Waals surface area contributed by atoms with Crippen LogP contribution in [0, 0.1) is 11.8 Å². The first kappa shape index (κ1) is 17.8. The van der Waals surface area contributed by atoms with E-state index in [4.69, 9.17) is 4.74 Å². The molecule has 27 heavy (non-hydrogen) atoms. The molecule has 0 aromatic carbocycles. The van der Waals surface area contributed by atoms with Crippen molar-refractivity contribution in [3.63, 3.8) is 0 Å². The van der Waals surface area contributed by atoms with E-state index in [1.165, 1.54) is 26.7 Å². The molecule has 9 heteroatoms. The summed E-state index contributed by atoms with van der Waals surface area (Å²) in [4.78, 5) is 54.7. The fourth-order valence-corrected chi connectivity index (χ4v) is 4.58. The van der Waals surface area contributed by atoms with E-state index in [1.54, 1.807) is 11.6 Å². The predicted octanol–water partition coefficient (Wildman–Crippen LogP) is 1.36. The van der Waals surface area contributed by atoms with Crippen molar-refractivity contribution in [3.05, 3.63) is 33.7 Å². The number of carbonyl (C=O) groups excluding carboxylic acids is 3. The van der Waals surface area contributed by atoms with Gasteiger partial charge in [0.2, 0.25) is 11.8 Å². The first-order valence-electron chi connectivity index (χ1n) is 9.01. The molecule has 2 amide bonds. The Morgan fingerprint density at radius 1 is 1.19 bits per heavy atom. The summed E-state index contributed by atoms with van der Waals surface area (Å²) in [6.45, 7) is -0.0703. The lowest BCUT2D eigenvalue weighted by Gasteiger charge is -2.19. The lowest BCUT2D eigenvalue weighted by atomic mass is 9.81. The maximum absolute atomic E-state index is 12.4. The van der Waals surface area contributed by atoms with Gasteiger partial charge in [0.1, 0.15) is 6.61 Å². The lowest BCUT2D eigenvalue weighted by Crippen LogP contribution is -2.33. The van der Waals surface area contributed by atoms with Crippen molar-refractivity contribution >= 4 is 34.1 Å². The van der Waals surface area contributed by atoms with Gasteiger partial charge < -0.3 is 4.74 Å². The van der Waals surface area contributed by atoms with Gasteiger partial charge in [0, 0.05) is 24.2 Å². The van der Waals surface area contributed by atoms with E-state index >= 15 is 0 Å². The molecule has 2 aromatic rings. The van der Waals surface area contributed by atoms with Crippen LogP contribution in [-0.2, 0) is 25.7 Å². The number of aromatic nitrogens is 2. The van der Waals surface area contributed by atoms with Gasteiger partial charge in [-0.1, -0.05) is 12.8 Å². The second-order valence-electron chi connectivity index (χ2n) is 6.88. The molecule has 2 aromatic heterocycles. The number of carbonyl (C=O) groups is 3. The molecule has 1 aliphatic heterocycles. The van der Waals surface area contributed by atoms with Crippen LogP contribution in [0.4, 0.5) is 0 Å². The van der Waals surface area contributed by atoms with Crippen LogP contribution < -0.4 is 5.56 Å². The molecule has 2 atom stereocenters. The van der Waals surface area contributed by atoms with Crippen LogP contribution in [-0.4, -0.2) is 38.6 Å². The van der Waals surface area contributed by atoms with E-state index in [9.17, 15) is 19.2 Å². The Kier molecular flexibility index (Phi) is 4.77. The Bertz CT molecular complexity index is 941. The number of nitrogens with zero attached hydrogens (tertiary/aromatic N) is 3. The highest BCUT2D eigenvalue weighted by Crippen LogP contribution is 2.37. The number of amides is 2. The number of esters is 1. The number of imide groups is 1. The maximum atomic E-state index is 12.4. The van der Waals surface area contributed by atoms with Crippen LogP contribution in [0.5, 0.6) is 0 Å². The van der Waals surface area contributed by atoms with E-state index in [0.717, 1.165) is 25.7 Å². The molecule has 4 rings (SSSR count). The van der Waals surface area contributed by atoms with Crippen molar-refractivity contribution in [2.45, 2.75) is 38.7 Å². The molecule has 8 nitrogen and oxygen atoms in total. The summed E-state index contributed by atoms with van der Waals surface area (Å²) in [5.74, 6) is -1.27. The first-order valence-corrected chi connectivity index (χ1v) is 9.89. The Balaban J connectivity index is 1.32. The van der Waals surface area contributed by atoms with Gasteiger partial charge in [0.15, 0.2) is 4.96 Å². The van der Waals surface area contributed by atoms with Crippen molar-refractivity contribution in [3.8, 4) is 0 Å². The molecule has 0 N–H and O–H groups in total.